The highest BCUT2D eigenvalue weighted by molar-refractivity contribution is 6.17. The first kappa shape index (κ1) is 21.8. The van der Waals surface area contributed by atoms with Crippen molar-refractivity contribution in [3.05, 3.63) is 71.8 Å². The Morgan fingerprint density at radius 2 is 1.88 bits per heavy atom. The molecule has 4 N–H and O–H groups in total. The molecule has 0 atom stereocenters. The summed E-state index contributed by atoms with van der Waals surface area (Å²) >= 11 is 0. The molecular formula is C22H19F2N7O2. The van der Waals surface area contributed by atoms with Crippen molar-refractivity contribution in [2.24, 2.45) is 0 Å². The normalized spacial score (nSPS) is 11.1. The molecule has 11 heteroatoms. The van der Waals surface area contributed by atoms with Gasteiger partial charge >= 0.3 is 6.03 Å². The molecule has 1 aromatic carbocycles. The number of nitrogen functional groups attached to an aromatic ring is 1. The molecule has 0 saturated carbocycles. The van der Waals surface area contributed by atoms with Gasteiger partial charge in [-0.3, -0.25) is 10.1 Å². The number of carbonyl (C=O) groups excluding carboxylic acids is 2. The summed E-state index contributed by atoms with van der Waals surface area (Å²) in [5.74, 6) is -1.91. The lowest BCUT2D eigenvalue weighted by molar-refractivity contribution is 0.103. The van der Waals surface area contributed by atoms with Gasteiger partial charge in [0.2, 0.25) is 5.78 Å². The Labute approximate surface area is 186 Å². The molecule has 33 heavy (non-hydrogen) atoms. The van der Waals surface area contributed by atoms with Gasteiger partial charge in [0.05, 0.1) is 16.6 Å². The van der Waals surface area contributed by atoms with E-state index in [1.165, 1.54) is 24.5 Å². The van der Waals surface area contributed by atoms with E-state index in [9.17, 15) is 18.4 Å². The summed E-state index contributed by atoms with van der Waals surface area (Å²) in [5, 5.41) is 5.10. The van der Waals surface area contributed by atoms with Crippen molar-refractivity contribution in [1.29, 1.82) is 0 Å². The minimum absolute atomic E-state index is 0.0138. The molecule has 3 aromatic heterocycles. The SMILES string of the molecule is CC(C)n1cc(C(=O)c2cccc(NC(=O)Nc3ccc(F)cc3F)n2)c2c(N)ncnc21. The molecule has 0 aliphatic heterocycles. The molecule has 4 rings (SSSR count). The predicted octanol–water partition coefficient (Wildman–Crippen LogP) is 4.14. The number of amides is 2. The Morgan fingerprint density at radius 3 is 2.61 bits per heavy atom. The number of pyridine rings is 1. The van der Waals surface area contributed by atoms with E-state index in [0.29, 0.717) is 17.1 Å². The average molecular weight is 451 g/mol. The van der Waals surface area contributed by atoms with Crippen LogP contribution in [-0.2, 0) is 0 Å². The fourth-order valence-corrected chi connectivity index (χ4v) is 3.30. The summed E-state index contributed by atoms with van der Waals surface area (Å²) in [4.78, 5) is 37.9. The van der Waals surface area contributed by atoms with Gasteiger partial charge in [0, 0.05) is 18.3 Å². The first-order chi connectivity index (χ1) is 15.7. The largest absolute Gasteiger partial charge is 0.383 e. The van der Waals surface area contributed by atoms with Crippen molar-refractivity contribution in [1.82, 2.24) is 19.5 Å². The van der Waals surface area contributed by atoms with Crippen LogP contribution in [0.4, 0.5) is 30.9 Å². The number of nitrogens with zero attached hydrogens (tertiary/aromatic N) is 4. The van der Waals surface area contributed by atoms with Gasteiger partial charge in [0.15, 0.2) is 0 Å². The van der Waals surface area contributed by atoms with E-state index in [2.05, 4.69) is 25.6 Å². The number of fused-ring (bicyclic) bond motifs is 1. The number of urea groups is 1. The van der Waals surface area contributed by atoms with E-state index in [1.54, 1.807) is 6.20 Å². The van der Waals surface area contributed by atoms with Crippen molar-refractivity contribution in [2.75, 3.05) is 16.4 Å². The van der Waals surface area contributed by atoms with E-state index >= 15 is 0 Å². The molecule has 0 aliphatic rings. The van der Waals surface area contributed by atoms with Gasteiger partial charge in [0.1, 0.15) is 40.9 Å². The molecule has 0 saturated heterocycles. The topological polar surface area (TPSA) is 128 Å². The van der Waals surface area contributed by atoms with Crippen molar-refractivity contribution in [3.63, 3.8) is 0 Å². The summed E-state index contributed by atoms with van der Waals surface area (Å²) in [6, 6.07) is 6.45. The van der Waals surface area contributed by atoms with Crippen LogP contribution in [0.15, 0.2) is 48.9 Å². The minimum atomic E-state index is -0.927. The van der Waals surface area contributed by atoms with Crippen molar-refractivity contribution in [3.8, 4) is 0 Å². The summed E-state index contributed by atoms with van der Waals surface area (Å²) in [6.45, 7) is 3.88. The molecule has 0 radical (unpaired) electrons. The zero-order chi connectivity index (χ0) is 23.7. The highest BCUT2D eigenvalue weighted by atomic mass is 19.1. The Kier molecular flexibility index (Phi) is 5.69. The number of hydrogen-bond donors (Lipinski definition) is 3. The van der Waals surface area contributed by atoms with Crippen LogP contribution in [0.25, 0.3) is 11.0 Å². The Bertz CT molecular complexity index is 1380. The number of hydrogen-bond acceptors (Lipinski definition) is 6. The molecule has 9 nitrogen and oxygen atoms in total. The average Bonchev–Trinajstić information content (AvgIpc) is 3.17. The number of carbonyl (C=O) groups is 2. The summed E-state index contributed by atoms with van der Waals surface area (Å²) in [5.41, 5.74) is 6.66. The van der Waals surface area contributed by atoms with Crippen LogP contribution in [0.2, 0.25) is 0 Å². The molecule has 0 unspecified atom stereocenters. The van der Waals surface area contributed by atoms with E-state index in [0.717, 1.165) is 12.1 Å². The number of nitrogens with two attached hydrogens (primary N) is 1. The molecule has 0 bridgehead atoms. The van der Waals surface area contributed by atoms with Gasteiger partial charge in [-0.15, -0.1) is 0 Å². The fraction of sp³-hybridized carbons (Fsp3) is 0.136. The van der Waals surface area contributed by atoms with E-state index in [4.69, 9.17) is 5.73 Å². The van der Waals surface area contributed by atoms with Crippen LogP contribution in [0.1, 0.15) is 35.9 Å². The zero-order valence-electron chi connectivity index (χ0n) is 17.6. The van der Waals surface area contributed by atoms with Gasteiger partial charge < -0.3 is 15.6 Å². The highest BCUT2D eigenvalue weighted by Gasteiger charge is 2.22. The number of benzene rings is 1. The third-order valence-electron chi connectivity index (χ3n) is 4.84. The number of halogens is 2. The Morgan fingerprint density at radius 1 is 1.09 bits per heavy atom. The lowest BCUT2D eigenvalue weighted by Gasteiger charge is -2.09. The first-order valence-electron chi connectivity index (χ1n) is 9.90. The third-order valence-corrected chi connectivity index (χ3v) is 4.84. The van der Waals surface area contributed by atoms with Crippen molar-refractivity contribution < 1.29 is 18.4 Å². The molecule has 0 spiro atoms. The van der Waals surface area contributed by atoms with Crippen LogP contribution in [0.5, 0.6) is 0 Å². The summed E-state index contributed by atoms with van der Waals surface area (Å²) in [7, 11) is 0. The van der Waals surface area contributed by atoms with Crippen LogP contribution >= 0.6 is 0 Å². The molecule has 168 valence electrons. The number of aromatic nitrogens is 4. The Hall–Kier alpha value is -4.41. The molecular weight excluding hydrogens is 432 g/mol. The molecule has 4 aromatic rings. The molecule has 0 fully saturated rings. The molecule has 0 aliphatic carbocycles. The van der Waals surface area contributed by atoms with Crippen LogP contribution in [0.3, 0.4) is 0 Å². The number of rotatable bonds is 5. The van der Waals surface area contributed by atoms with Gasteiger partial charge in [-0.05, 0) is 38.1 Å². The van der Waals surface area contributed by atoms with E-state index in [-0.39, 0.29) is 34.6 Å². The summed E-state index contributed by atoms with van der Waals surface area (Å²) < 4.78 is 28.6. The predicted molar refractivity (Wildman–Crippen MR) is 119 cm³/mol. The standard InChI is InChI=1S/C22H19F2N7O2/c1-11(2)31-9-13(18-20(25)26-10-27-21(18)31)19(32)16-4-3-5-17(28-16)30-22(33)29-15-7-6-12(23)8-14(15)24/h3-11H,1-2H3,(H2,25,26,27)(H2,28,29,30,33). The number of nitrogens with one attached hydrogen (secondary N) is 2. The van der Waals surface area contributed by atoms with Gasteiger partial charge in [-0.2, -0.15) is 0 Å². The maximum Gasteiger partial charge on any atom is 0.324 e. The first-order valence-corrected chi connectivity index (χ1v) is 9.90. The second-order valence-electron chi connectivity index (χ2n) is 7.44. The fourth-order valence-electron chi connectivity index (χ4n) is 3.30. The maximum atomic E-state index is 13.8. The van der Waals surface area contributed by atoms with Crippen LogP contribution in [0, 0.1) is 11.6 Å². The van der Waals surface area contributed by atoms with E-state index < -0.39 is 23.4 Å². The minimum Gasteiger partial charge on any atom is -0.383 e. The maximum absolute atomic E-state index is 13.8. The van der Waals surface area contributed by atoms with E-state index in [1.807, 2.05) is 18.4 Å². The van der Waals surface area contributed by atoms with Crippen molar-refractivity contribution in [2.45, 2.75) is 19.9 Å². The second-order valence-corrected chi connectivity index (χ2v) is 7.44. The van der Waals surface area contributed by atoms with Crippen LogP contribution < -0.4 is 16.4 Å². The quantitative estimate of drug-likeness (QED) is 0.391. The third kappa shape index (κ3) is 4.33. The Balaban J connectivity index is 1.60. The highest BCUT2D eigenvalue weighted by Crippen LogP contribution is 2.28. The molecule has 2 amide bonds. The monoisotopic (exact) mass is 451 g/mol. The number of ketones is 1. The number of anilines is 3. The molecule has 3 heterocycles. The van der Waals surface area contributed by atoms with Gasteiger partial charge in [-0.25, -0.2) is 28.5 Å². The van der Waals surface area contributed by atoms with Gasteiger partial charge in [-0.1, -0.05) is 6.07 Å². The smallest absolute Gasteiger partial charge is 0.324 e. The second kappa shape index (κ2) is 8.61. The lowest BCUT2D eigenvalue weighted by Crippen LogP contribution is -2.21. The van der Waals surface area contributed by atoms with Crippen molar-refractivity contribution >= 4 is 40.2 Å². The zero-order valence-corrected chi connectivity index (χ0v) is 17.6. The van der Waals surface area contributed by atoms with Crippen LogP contribution in [-0.4, -0.2) is 31.3 Å². The van der Waals surface area contributed by atoms with Gasteiger partial charge in [0.25, 0.3) is 0 Å². The lowest BCUT2D eigenvalue weighted by atomic mass is 10.1. The summed E-state index contributed by atoms with van der Waals surface area (Å²) in [6.07, 6.45) is 2.98.